The molecule has 29 heavy (non-hydrogen) atoms. The second-order valence-corrected chi connectivity index (χ2v) is 7.31. The highest BCUT2D eigenvalue weighted by Crippen LogP contribution is 2.28. The normalized spacial score (nSPS) is 11.1. The summed E-state index contributed by atoms with van der Waals surface area (Å²) in [5.41, 5.74) is 2.93. The predicted molar refractivity (Wildman–Crippen MR) is 115 cm³/mol. The highest BCUT2D eigenvalue weighted by molar-refractivity contribution is 6.34. The average Bonchev–Trinajstić information content (AvgIpc) is 3.03. The van der Waals surface area contributed by atoms with Gasteiger partial charge >= 0.3 is 0 Å². The van der Waals surface area contributed by atoms with Gasteiger partial charge in [-0.15, -0.1) is 0 Å². The Morgan fingerprint density at radius 1 is 1.14 bits per heavy atom. The lowest BCUT2D eigenvalue weighted by Gasteiger charge is -2.12. The summed E-state index contributed by atoms with van der Waals surface area (Å²) in [6.07, 6.45) is 4.73. The second-order valence-electron chi connectivity index (χ2n) is 6.49. The van der Waals surface area contributed by atoms with Gasteiger partial charge in [-0.1, -0.05) is 41.4 Å². The fraction of sp³-hybridized carbons (Fsp3) is 0.182. The molecule has 0 aliphatic heterocycles. The molecule has 150 valence electrons. The number of hydrogen-bond donors (Lipinski definition) is 0. The van der Waals surface area contributed by atoms with E-state index >= 15 is 0 Å². The van der Waals surface area contributed by atoms with Crippen LogP contribution in [0.5, 0.6) is 11.5 Å². The maximum atomic E-state index is 12.3. The minimum absolute atomic E-state index is 0.219. The summed E-state index contributed by atoms with van der Waals surface area (Å²) >= 11 is 12.3. The van der Waals surface area contributed by atoms with E-state index in [-0.39, 0.29) is 18.1 Å². The Labute approximate surface area is 179 Å². The molecule has 2 aromatic carbocycles. The number of nitrogens with zero attached hydrogens (tertiary/aromatic N) is 2. The zero-order valence-electron chi connectivity index (χ0n) is 16.3. The third-order valence-corrected chi connectivity index (χ3v) is 4.79. The van der Waals surface area contributed by atoms with Crippen LogP contribution in [0.2, 0.25) is 10.0 Å². The summed E-state index contributed by atoms with van der Waals surface area (Å²) in [5, 5.41) is 4.95. The van der Waals surface area contributed by atoms with Crippen molar-refractivity contribution < 1.29 is 14.3 Å². The van der Waals surface area contributed by atoms with Crippen molar-refractivity contribution in [3.05, 3.63) is 81.1 Å². The molecule has 0 fully saturated rings. The molecule has 0 radical (unpaired) electrons. The Kier molecular flexibility index (Phi) is 6.62. The van der Waals surface area contributed by atoms with E-state index in [1.165, 1.54) is 10.8 Å². The van der Waals surface area contributed by atoms with Gasteiger partial charge in [0.05, 0.1) is 17.2 Å². The van der Waals surface area contributed by atoms with Crippen molar-refractivity contribution in [3.8, 4) is 11.5 Å². The van der Waals surface area contributed by atoms with Gasteiger partial charge in [-0.2, -0.15) is 5.10 Å². The number of benzene rings is 2. The number of rotatable bonds is 7. The van der Waals surface area contributed by atoms with Crippen molar-refractivity contribution in [3.63, 3.8) is 0 Å². The lowest BCUT2D eigenvalue weighted by atomic mass is 10.1. The van der Waals surface area contributed by atoms with Crippen LogP contribution in [-0.4, -0.2) is 22.7 Å². The molecule has 1 heterocycles. The molecule has 3 rings (SSSR count). The number of aromatic nitrogens is 2. The number of allylic oxidation sites excluding steroid dienone is 1. The van der Waals surface area contributed by atoms with E-state index < -0.39 is 0 Å². The fourth-order valence-electron chi connectivity index (χ4n) is 2.77. The molecule has 0 aliphatic carbocycles. The van der Waals surface area contributed by atoms with E-state index in [4.69, 9.17) is 32.7 Å². The molecular weight excluding hydrogens is 411 g/mol. The molecular formula is C22H20Cl2N2O3. The molecule has 3 aromatic rings. The molecule has 7 heteroatoms. The first-order valence-corrected chi connectivity index (χ1v) is 9.60. The Balaban J connectivity index is 1.77. The molecule has 0 atom stereocenters. The number of methoxy groups -OCH3 is 1. The van der Waals surface area contributed by atoms with Crippen LogP contribution in [-0.2, 0) is 13.7 Å². The molecule has 0 saturated carbocycles. The van der Waals surface area contributed by atoms with Gasteiger partial charge in [-0.05, 0) is 48.4 Å². The number of ether oxygens (including phenoxy) is 2. The van der Waals surface area contributed by atoms with Crippen molar-refractivity contribution in [2.45, 2.75) is 13.5 Å². The van der Waals surface area contributed by atoms with Gasteiger partial charge in [0.25, 0.3) is 0 Å². The third kappa shape index (κ3) is 5.19. The molecule has 0 aliphatic rings. The molecule has 1 aromatic heterocycles. The lowest BCUT2D eigenvalue weighted by Crippen LogP contribution is -2.00. The minimum Gasteiger partial charge on any atom is -0.496 e. The van der Waals surface area contributed by atoms with Crippen LogP contribution in [0.25, 0.3) is 6.08 Å². The Morgan fingerprint density at radius 2 is 1.90 bits per heavy atom. The van der Waals surface area contributed by atoms with Crippen molar-refractivity contribution in [1.29, 1.82) is 0 Å². The summed E-state index contributed by atoms with van der Waals surface area (Å²) in [4.78, 5) is 12.3. The van der Waals surface area contributed by atoms with Gasteiger partial charge in [0.1, 0.15) is 18.1 Å². The van der Waals surface area contributed by atoms with Crippen LogP contribution >= 0.6 is 23.2 Å². The fourth-order valence-corrected chi connectivity index (χ4v) is 3.33. The van der Waals surface area contributed by atoms with E-state index in [0.29, 0.717) is 21.5 Å². The SMILES string of the molecule is COc1ccc(/C=C/C(=O)c2nn(C)cc2Cl)cc1COc1ccc(C)cc1Cl. The van der Waals surface area contributed by atoms with E-state index in [9.17, 15) is 4.79 Å². The summed E-state index contributed by atoms with van der Waals surface area (Å²) < 4.78 is 12.8. The predicted octanol–water partition coefficient (Wildman–Crippen LogP) is 5.52. The second kappa shape index (κ2) is 9.16. The number of hydrogen-bond acceptors (Lipinski definition) is 4. The maximum Gasteiger partial charge on any atom is 0.207 e. The van der Waals surface area contributed by atoms with Gasteiger partial charge < -0.3 is 9.47 Å². The molecule has 5 nitrogen and oxygen atoms in total. The van der Waals surface area contributed by atoms with E-state index in [2.05, 4.69) is 5.10 Å². The first-order valence-electron chi connectivity index (χ1n) is 8.85. The van der Waals surface area contributed by atoms with Crippen molar-refractivity contribution >= 4 is 35.1 Å². The first kappa shape index (κ1) is 21.0. The topological polar surface area (TPSA) is 53.3 Å². The van der Waals surface area contributed by atoms with Crippen LogP contribution in [0, 0.1) is 6.92 Å². The quantitative estimate of drug-likeness (QED) is 0.365. The minimum atomic E-state index is -0.268. The monoisotopic (exact) mass is 430 g/mol. The van der Waals surface area contributed by atoms with Crippen LogP contribution in [0.15, 0.2) is 48.7 Å². The third-order valence-electron chi connectivity index (χ3n) is 4.22. The van der Waals surface area contributed by atoms with Gasteiger partial charge in [0.2, 0.25) is 5.78 Å². The lowest BCUT2D eigenvalue weighted by molar-refractivity contribution is 0.104. The molecule has 0 N–H and O–H groups in total. The van der Waals surface area contributed by atoms with Gasteiger partial charge in [-0.3, -0.25) is 9.48 Å². The zero-order chi connectivity index (χ0) is 21.0. The number of ketones is 1. The highest BCUT2D eigenvalue weighted by atomic mass is 35.5. The smallest absolute Gasteiger partial charge is 0.207 e. The van der Waals surface area contributed by atoms with Crippen LogP contribution in [0.1, 0.15) is 27.2 Å². The molecule has 0 bridgehead atoms. The Hall–Kier alpha value is -2.76. The van der Waals surface area contributed by atoms with E-state index in [0.717, 1.165) is 16.7 Å². The highest BCUT2D eigenvalue weighted by Gasteiger charge is 2.12. The van der Waals surface area contributed by atoms with Gasteiger partial charge in [0, 0.05) is 18.8 Å². The van der Waals surface area contributed by atoms with E-state index in [1.807, 2.05) is 43.3 Å². The summed E-state index contributed by atoms with van der Waals surface area (Å²) in [6.45, 7) is 2.24. The summed E-state index contributed by atoms with van der Waals surface area (Å²) in [6, 6.07) is 11.2. The van der Waals surface area contributed by atoms with Gasteiger partial charge in [-0.25, -0.2) is 0 Å². The molecule has 0 spiro atoms. The average molecular weight is 431 g/mol. The maximum absolute atomic E-state index is 12.3. The number of carbonyl (C=O) groups excluding carboxylic acids is 1. The van der Waals surface area contributed by atoms with Crippen molar-refractivity contribution in [2.75, 3.05) is 7.11 Å². The van der Waals surface area contributed by atoms with Crippen molar-refractivity contribution in [1.82, 2.24) is 9.78 Å². The van der Waals surface area contributed by atoms with E-state index in [1.54, 1.807) is 26.4 Å². The summed E-state index contributed by atoms with van der Waals surface area (Å²) in [5.74, 6) is 1.01. The van der Waals surface area contributed by atoms with Crippen LogP contribution in [0.3, 0.4) is 0 Å². The number of aryl methyl sites for hydroxylation is 2. The Bertz CT molecular complexity index is 1070. The summed E-state index contributed by atoms with van der Waals surface area (Å²) in [7, 11) is 3.31. The Morgan fingerprint density at radius 3 is 2.55 bits per heavy atom. The van der Waals surface area contributed by atoms with Gasteiger partial charge in [0.15, 0.2) is 5.69 Å². The largest absolute Gasteiger partial charge is 0.496 e. The van der Waals surface area contributed by atoms with Crippen molar-refractivity contribution in [2.24, 2.45) is 7.05 Å². The van der Waals surface area contributed by atoms with Crippen LogP contribution < -0.4 is 9.47 Å². The standard InChI is InChI=1S/C22H20Cl2N2O3/c1-14-4-8-21(17(23)10-14)29-13-16-11-15(6-9-20(16)28-3)5-7-19(27)22-18(24)12-26(2)25-22/h4-12H,13H2,1-3H3/b7-5+. The molecule has 0 saturated heterocycles. The zero-order valence-corrected chi connectivity index (χ0v) is 17.8. The van der Waals surface area contributed by atoms with Crippen LogP contribution in [0.4, 0.5) is 0 Å². The molecule has 0 unspecified atom stereocenters. The first-order chi connectivity index (χ1) is 13.9. The number of carbonyl (C=O) groups is 1. The molecule has 0 amide bonds. The number of halogens is 2.